The van der Waals surface area contributed by atoms with Gasteiger partial charge >= 0.3 is 5.69 Å². The fourth-order valence-corrected chi connectivity index (χ4v) is 0.648. The van der Waals surface area contributed by atoms with Crippen molar-refractivity contribution < 1.29 is 8.78 Å². The van der Waals surface area contributed by atoms with Gasteiger partial charge in [-0.05, 0) is 0 Å². The summed E-state index contributed by atoms with van der Waals surface area (Å²) in [5, 5.41) is 0. The lowest BCUT2D eigenvalue weighted by Gasteiger charge is -1.87. The van der Waals surface area contributed by atoms with E-state index in [1.54, 1.807) is 0 Å². The number of halogens is 2. The summed E-state index contributed by atoms with van der Waals surface area (Å²) in [4.78, 5) is 22.0. The quantitative estimate of drug-likeness (QED) is 0.665. The first-order chi connectivity index (χ1) is 7.59. The summed E-state index contributed by atoms with van der Waals surface area (Å²) in [6.45, 7) is 0. The van der Waals surface area contributed by atoms with Crippen LogP contribution < -0.4 is 11.4 Å². The van der Waals surface area contributed by atoms with Crippen LogP contribution in [0.5, 0.6) is 0 Å². The Bertz CT molecular complexity index is 474. The average Bonchev–Trinajstić information content (AvgIpc) is 2.28. The van der Waals surface area contributed by atoms with E-state index in [-0.39, 0.29) is 5.82 Å². The molecule has 3 N–H and O–H groups in total. The molecule has 0 aliphatic heterocycles. The second-order valence-electron chi connectivity index (χ2n) is 2.49. The monoisotopic (exact) mass is 227 g/mol. The normalized spacial score (nSPS) is 9.12. The number of nitrogens with zero attached hydrogens (tertiary/aromatic N) is 3. The summed E-state index contributed by atoms with van der Waals surface area (Å²) < 4.78 is 23.9. The Morgan fingerprint density at radius 1 is 1.25 bits per heavy atom. The number of nitrogens with one attached hydrogen (secondary N) is 1. The molecular formula is C8H7F2N5O. The molecule has 0 aliphatic rings. The number of nitrogen functional groups attached to an aromatic ring is 1. The van der Waals surface area contributed by atoms with Crippen LogP contribution in [0.2, 0.25) is 0 Å². The number of H-pyrrole nitrogens is 1. The largest absolute Gasteiger partial charge is 0.381 e. The third-order valence-corrected chi connectivity index (χ3v) is 1.33. The first-order valence-electron chi connectivity index (χ1n) is 4.01. The van der Waals surface area contributed by atoms with Crippen molar-refractivity contribution in [3.05, 3.63) is 47.0 Å². The lowest BCUT2D eigenvalue weighted by molar-refractivity contribution is 0.610. The molecule has 84 valence electrons. The van der Waals surface area contributed by atoms with E-state index in [2.05, 4.69) is 19.9 Å². The van der Waals surface area contributed by atoms with Crippen LogP contribution in [0.15, 0.2) is 29.7 Å². The van der Waals surface area contributed by atoms with Gasteiger partial charge in [-0.15, -0.1) is 0 Å². The van der Waals surface area contributed by atoms with E-state index in [0.29, 0.717) is 0 Å². The lowest BCUT2D eigenvalue weighted by Crippen LogP contribution is -2.07. The zero-order valence-electron chi connectivity index (χ0n) is 7.89. The summed E-state index contributed by atoms with van der Waals surface area (Å²) in [5.74, 6) is -1.22. The van der Waals surface area contributed by atoms with E-state index in [1.807, 2.05) is 0 Å². The molecular weight excluding hydrogens is 220 g/mol. The van der Waals surface area contributed by atoms with E-state index < -0.39 is 17.3 Å². The summed E-state index contributed by atoms with van der Waals surface area (Å²) in [5.41, 5.74) is 4.46. The zero-order chi connectivity index (χ0) is 12.0. The molecule has 0 spiro atoms. The van der Waals surface area contributed by atoms with Crippen LogP contribution in [0.25, 0.3) is 0 Å². The number of aromatic nitrogens is 4. The Morgan fingerprint density at radius 3 is 2.38 bits per heavy atom. The highest BCUT2D eigenvalue weighted by atomic mass is 19.1. The minimum absolute atomic E-state index is 0.111. The maximum Gasteiger partial charge on any atom is 0.345 e. The minimum atomic E-state index is -0.576. The van der Waals surface area contributed by atoms with E-state index in [0.717, 1.165) is 18.6 Å². The lowest BCUT2D eigenvalue weighted by atomic mass is 10.6. The van der Waals surface area contributed by atoms with Gasteiger partial charge in [0.1, 0.15) is 6.33 Å². The van der Waals surface area contributed by atoms with E-state index in [1.165, 1.54) is 6.33 Å². The molecule has 0 radical (unpaired) electrons. The molecule has 2 heterocycles. The molecule has 0 amide bonds. The minimum Gasteiger partial charge on any atom is -0.381 e. The highest BCUT2D eigenvalue weighted by Crippen LogP contribution is 1.98. The third kappa shape index (κ3) is 3.78. The molecule has 0 saturated carbocycles. The maximum absolute atomic E-state index is 12.1. The Morgan fingerprint density at radius 2 is 2.00 bits per heavy atom. The summed E-state index contributed by atoms with van der Waals surface area (Å²) in [7, 11) is 0. The Balaban J connectivity index is 0.000000160. The van der Waals surface area contributed by atoms with Crippen molar-refractivity contribution >= 4 is 5.82 Å². The highest BCUT2D eigenvalue weighted by Gasteiger charge is 1.92. The fraction of sp³-hybridized carbons (Fsp3) is 0. The summed E-state index contributed by atoms with van der Waals surface area (Å²) in [6, 6.07) is 0. The first-order valence-corrected chi connectivity index (χ1v) is 4.01. The first kappa shape index (κ1) is 11.7. The molecule has 0 aromatic carbocycles. The summed E-state index contributed by atoms with van der Waals surface area (Å²) >= 11 is 0. The second-order valence-corrected chi connectivity index (χ2v) is 2.49. The van der Waals surface area contributed by atoms with Gasteiger partial charge in [0.25, 0.3) is 0 Å². The molecule has 2 rings (SSSR count). The fourth-order valence-electron chi connectivity index (χ4n) is 0.648. The SMILES string of the molecule is Nc1ncncc1F.O=c1ncc(F)c[nH]1. The van der Waals surface area contributed by atoms with Gasteiger partial charge in [-0.25, -0.2) is 23.5 Å². The van der Waals surface area contributed by atoms with E-state index in [9.17, 15) is 13.6 Å². The van der Waals surface area contributed by atoms with Gasteiger partial charge in [0, 0.05) is 6.20 Å². The van der Waals surface area contributed by atoms with Crippen molar-refractivity contribution in [3.63, 3.8) is 0 Å². The number of rotatable bonds is 0. The standard InChI is InChI=1S/C4H4FN3.C4H3FN2O/c5-3-1-7-2-8-4(3)6;5-3-1-6-4(8)7-2-3/h1-2H,(H2,6,7,8);1-2H,(H,6,7,8). The predicted octanol–water partition coefficient (Wildman–Crippen LogP) is 0.107. The smallest absolute Gasteiger partial charge is 0.345 e. The highest BCUT2D eigenvalue weighted by molar-refractivity contribution is 5.25. The van der Waals surface area contributed by atoms with Crippen molar-refractivity contribution in [1.82, 2.24) is 19.9 Å². The Hall–Kier alpha value is -2.38. The number of anilines is 1. The molecule has 6 nitrogen and oxygen atoms in total. The second kappa shape index (κ2) is 5.49. The predicted molar refractivity (Wildman–Crippen MR) is 51.2 cm³/mol. The van der Waals surface area contributed by atoms with Gasteiger partial charge in [0.15, 0.2) is 17.5 Å². The molecule has 8 heteroatoms. The van der Waals surface area contributed by atoms with Gasteiger partial charge in [0.05, 0.1) is 12.4 Å². The molecule has 0 atom stereocenters. The molecule has 2 aromatic rings. The van der Waals surface area contributed by atoms with Crippen molar-refractivity contribution in [2.24, 2.45) is 0 Å². The maximum atomic E-state index is 12.1. The van der Waals surface area contributed by atoms with Crippen molar-refractivity contribution in [2.45, 2.75) is 0 Å². The molecule has 0 unspecified atom stereocenters. The van der Waals surface area contributed by atoms with Crippen LogP contribution in [0, 0.1) is 11.6 Å². The number of nitrogens with two attached hydrogens (primary N) is 1. The molecule has 0 saturated heterocycles. The Labute approximate surface area is 88.2 Å². The topological polar surface area (TPSA) is 97.6 Å². The Kier molecular flexibility index (Phi) is 4.01. The molecule has 0 fully saturated rings. The van der Waals surface area contributed by atoms with Crippen LogP contribution >= 0.6 is 0 Å². The van der Waals surface area contributed by atoms with Gasteiger partial charge in [0.2, 0.25) is 0 Å². The molecule has 0 bridgehead atoms. The van der Waals surface area contributed by atoms with Crippen LogP contribution in [0.3, 0.4) is 0 Å². The molecule has 2 aromatic heterocycles. The number of aromatic amines is 1. The average molecular weight is 227 g/mol. The third-order valence-electron chi connectivity index (χ3n) is 1.33. The van der Waals surface area contributed by atoms with Gasteiger partial charge in [-0.2, -0.15) is 4.98 Å². The van der Waals surface area contributed by atoms with Crippen LogP contribution in [0.1, 0.15) is 0 Å². The zero-order valence-corrected chi connectivity index (χ0v) is 7.89. The summed E-state index contributed by atoms with van der Waals surface area (Å²) in [6.07, 6.45) is 4.02. The van der Waals surface area contributed by atoms with Gasteiger partial charge in [-0.3, -0.25) is 0 Å². The van der Waals surface area contributed by atoms with E-state index in [4.69, 9.17) is 5.73 Å². The number of hydrogen-bond acceptors (Lipinski definition) is 5. The molecule has 16 heavy (non-hydrogen) atoms. The van der Waals surface area contributed by atoms with Crippen LogP contribution in [0.4, 0.5) is 14.6 Å². The van der Waals surface area contributed by atoms with Gasteiger partial charge in [-0.1, -0.05) is 0 Å². The number of hydrogen-bond donors (Lipinski definition) is 2. The van der Waals surface area contributed by atoms with Crippen molar-refractivity contribution in [3.8, 4) is 0 Å². The van der Waals surface area contributed by atoms with Crippen LogP contribution in [-0.4, -0.2) is 19.9 Å². The van der Waals surface area contributed by atoms with E-state index >= 15 is 0 Å². The van der Waals surface area contributed by atoms with Gasteiger partial charge < -0.3 is 10.7 Å². The molecule has 0 aliphatic carbocycles. The van der Waals surface area contributed by atoms with Crippen molar-refractivity contribution in [2.75, 3.05) is 5.73 Å². The van der Waals surface area contributed by atoms with Crippen molar-refractivity contribution in [1.29, 1.82) is 0 Å². The van der Waals surface area contributed by atoms with Crippen LogP contribution in [-0.2, 0) is 0 Å².